The molecule has 0 aromatic heterocycles. The van der Waals surface area contributed by atoms with Crippen LogP contribution in [0.5, 0.6) is 0 Å². The van der Waals surface area contributed by atoms with Crippen LogP contribution >= 0.6 is 0 Å². The Kier molecular flexibility index (Phi) is 5.41. The van der Waals surface area contributed by atoms with Gasteiger partial charge in [-0.05, 0) is 31.7 Å². The lowest BCUT2D eigenvalue weighted by Gasteiger charge is -2.22. The van der Waals surface area contributed by atoms with Gasteiger partial charge < -0.3 is 5.32 Å². The van der Waals surface area contributed by atoms with E-state index in [1.54, 1.807) is 11.2 Å². The molecule has 0 radical (unpaired) electrons. The van der Waals surface area contributed by atoms with Crippen molar-refractivity contribution < 1.29 is 8.42 Å². The zero-order valence-corrected chi connectivity index (χ0v) is 12.3. The predicted molar refractivity (Wildman–Crippen MR) is 71.4 cm³/mol. The Balaban J connectivity index is 2.60. The molecule has 0 amide bonds. The van der Waals surface area contributed by atoms with Crippen LogP contribution in [0.3, 0.4) is 0 Å². The fourth-order valence-electron chi connectivity index (χ4n) is 2.24. The van der Waals surface area contributed by atoms with Crippen molar-refractivity contribution in [2.45, 2.75) is 39.4 Å². The molecule has 1 fully saturated rings. The molecule has 5 heteroatoms. The van der Waals surface area contributed by atoms with Gasteiger partial charge in [0.1, 0.15) is 0 Å². The highest BCUT2D eigenvalue weighted by molar-refractivity contribution is 7.89. The molecule has 0 aromatic carbocycles. The molecule has 0 spiro atoms. The van der Waals surface area contributed by atoms with Crippen LogP contribution in [0.2, 0.25) is 0 Å². The van der Waals surface area contributed by atoms with E-state index >= 15 is 0 Å². The van der Waals surface area contributed by atoms with Gasteiger partial charge in [0, 0.05) is 19.6 Å². The summed E-state index contributed by atoms with van der Waals surface area (Å²) < 4.78 is 26.3. The first kappa shape index (κ1) is 14.9. The molecule has 0 saturated carbocycles. The maximum Gasteiger partial charge on any atom is 0.217 e. The summed E-state index contributed by atoms with van der Waals surface area (Å²) in [5.41, 5.74) is 0. The van der Waals surface area contributed by atoms with E-state index in [4.69, 9.17) is 0 Å². The lowest BCUT2D eigenvalue weighted by molar-refractivity contribution is 0.386. The second-order valence-electron chi connectivity index (χ2n) is 5.31. The molecule has 0 aliphatic carbocycles. The molecule has 1 rings (SSSR count). The zero-order valence-electron chi connectivity index (χ0n) is 11.4. The van der Waals surface area contributed by atoms with E-state index in [2.05, 4.69) is 19.2 Å². The average Bonchev–Trinajstić information content (AvgIpc) is 2.75. The number of nitrogens with zero attached hydrogens (tertiary/aromatic N) is 1. The summed E-state index contributed by atoms with van der Waals surface area (Å²) in [7, 11) is -3.11. The summed E-state index contributed by atoms with van der Waals surface area (Å²) in [5.74, 6) is 1.09. The van der Waals surface area contributed by atoms with E-state index in [9.17, 15) is 8.42 Å². The molecular formula is C12H26N2O2S. The van der Waals surface area contributed by atoms with Gasteiger partial charge in [0.15, 0.2) is 0 Å². The third-order valence-electron chi connectivity index (χ3n) is 3.68. The SMILES string of the molecule is CCNCC(C)S(=O)(=O)N1CCC(C(C)C)C1. The Morgan fingerprint density at radius 2 is 2.00 bits per heavy atom. The molecule has 1 aliphatic heterocycles. The number of sulfonamides is 1. The highest BCUT2D eigenvalue weighted by Crippen LogP contribution is 2.26. The lowest BCUT2D eigenvalue weighted by atomic mass is 9.96. The Morgan fingerprint density at radius 3 is 2.47 bits per heavy atom. The van der Waals surface area contributed by atoms with Gasteiger partial charge in [0.25, 0.3) is 0 Å². The zero-order chi connectivity index (χ0) is 13.1. The summed E-state index contributed by atoms with van der Waals surface area (Å²) in [4.78, 5) is 0. The Morgan fingerprint density at radius 1 is 1.35 bits per heavy atom. The minimum absolute atomic E-state index is 0.326. The van der Waals surface area contributed by atoms with Crippen LogP contribution in [-0.4, -0.2) is 44.2 Å². The molecular weight excluding hydrogens is 236 g/mol. The van der Waals surface area contributed by atoms with E-state index in [0.29, 0.717) is 31.5 Å². The third-order valence-corrected chi connectivity index (χ3v) is 5.92. The van der Waals surface area contributed by atoms with Crippen LogP contribution in [0.4, 0.5) is 0 Å². The van der Waals surface area contributed by atoms with Crippen molar-refractivity contribution in [3.05, 3.63) is 0 Å². The van der Waals surface area contributed by atoms with Crippen molar-refractivity contribution in [1.82, 2.24) is 9.62 Å². The summed E-state index contributed by atoms with van der Waals surface area (Å²) in [5, 5.41) is 2.78. The quantitative estimate of drug-likeness (QED) is 0.785. The van der Waals surface area contributed by atoms with Crippen molar-refractivity contribution in [3.63, 3.8) is 0 Å². The topological polar surface area (TPSA) is 49.4 Å². The van der Waals surface area contributed by atoms with Crippen molar-refractivity contribution in [2.24, 2.45) is 11.8 Å². The van der Waals surface area contributed by atoms with Gasteiger partial charge in [-0.1, -0.05) is 20.8 Å². The summed E-state index contributed by atoms with van der Waals surface area (Å²) in [6.45, 7) is 10.9. The summed E-state index contributed by atoms with van der Waals surface area (Å²) >= 11 is 0. The molecule has 2 unspecified atom stereocenters. The first-order chi connectivity index (χ1) is 7.89. The number of hydrogen-bond acceptors (Lipinski definition) is 3. The van der Waals surface area contributed by atoms with Gasteiger partial charge in [-0.15, -0.1) is 0 Å². The van der Waals surface area contributed by atoms with Crippen molar-refractivity contribution in [3.8, 4) is 0 Å². The van der Waals surface area contributed by atoms with Crippen LogP contribution in [0.15, 0.2) is 0 Å². The average molecular weight is 262 g/mol. The van der Waals surface area contributed by atoms with Gasteiger partial charge in [-0.25, -0.2) is 12.7 Å². The first-order valence-corrected chi connectivity index (χ1v) is 8.09. The van der Waals surface area contributed by atoms with E-state index in [1.165, 1.54) is 0 Å². The minimum atomic E-state index is -3.11. The van der Waals surface area contributed by atoms with Gasteiger partial charge in [0.2, 0.25) is 10.0 Å². The molecule has 1 N–H and O–H groups in total. The summed E-state index contributed by atoms with van der Waals surface area (Å²) in [6.07, 6.45) is 1.00. The fraction of sp³-hybridized carbons (Fsp3) is 1.00. The number of hydrogen-bond donors (Lipinski definition) is 1. The molecule has 102 valence electrons. The number of nitrogens with one attached hydrogen (secondary N) is 1. The second-order valence-corrected chi connectivity index (χ2v) is 7.67. The van der Waals surface area contributed by atoms with Crippen LogP contribution in [0.25, 0.3) is 0 Å². The lowest BCUT2D eigenvalue weighted by Crippen LogP contribution is -2.41. The van der Waals surface area contributed by atoms with Crippen molar-refractivity contribution in [1.29, 1.82) is 0 Å². The smallest absolute Gasteiger partial charge is 0.217 e. The summed E-state index contributed by atoms with van der Waals surface area (Å²) in [6, 6.07) is 0. The first-order valence-electron chi connectivity index (χ1n) is 6.59. The molecule has 1 aliphatic rings. The van der Waals surface area contributed by atoms with Crippen molar-refractivity contribution in [2.75, 3.05) is 26.2 Å². The predicted octanol–water partition coefficient (Wildman–Crippen LogP) is 1.29. The number of rotatable bonds is 6. The van der Waals surface area contributed by atoms with E-state index in [-0.39, 0.29) is 5.25 Å². The molecule has 1 heterocycles. The molecule has 0 bridgehead atoms. The van der Waals surface area contributed by atoms with Crippen LogP contribution < -0.4 is 5.32 Å². The minimum Gasteiger partial charge on any atom is -0.316 e. The monoisotopic (exact) mass is 262 g/mol. The van der Waals surface area contributed by atoms with E-state index < -0.39 is 10.0 Å². The van der Waals surface area contributed by atoms with Gasteiger partial charge in [-0.2, -0.15) is 0 Å². The standard InChI is InChI=1S/C12H26N2O2S/c1-5-13-8-11(4)17(15,16)14-7-6-12(9-14)10(2)3/h10-13H,5-9H2,1-4H3. The molecule has 4 nitrogen and oxygen atoms in total. The maximum absolute atomic E-state index is 12.3. The highest BCUT2D eigenvalue weighted by Gasteiger charge is 2.35. The molecule has 2 atom stereocenters. The van der Waals surface area contributed by atoms with Gasteiger partial charge >= 0.3 is 0 Å². The fourth-order valence-corrected chi connectivity index (χ4v) is 3.83. The molecule has 1 saturated heterocycles. The molecule has 0 aromatic rings. The van der Waals surface area contributed by atoms with Crippen LogP contribution in [0.1, 0.15) is 34.1 Å². The van der Waals surface area contributed by atoms with Gasteiger partial charge in [-0.3, -0.25) is 0 Å². The molecule has 17 heavy (non-hydrogen) atoms. The highest BCUT2D eigenvalue weighted by atomic mass is 32.2. The Bertz CT molecular complexity index is 327. The van der Waals surface area contributed by atoms with E-state index in [1.807, 2.05) is 6.92 Å². The van der Waals surface area contributed by atoms with Crippen LogP contribution in [-0.2, 0) is 10.0 Å². The Labute approximate surface area is 106 Å². The van der Waals surface area contributed by atoms with E-state index in [0.717, 1.165) is 13.0 Å². The maximum atomic E-state index is 12.3. The second kappa shape index (κ2) is 6.16. The van der Waals surface area contributed by atoms with Crippen molar-refractivity contribution >= 4 is 10.0 Å². The Hall–Kier alpha value is -0.130. The normalized spacial score (nSPS) is 24.4. The third kappa shape index (κ3) is 3.66. The largest absolute Gasteiger partial charge is 0.316 e. The van der Waals surface area contributed by atoms with Gasteiger partial charge in [0.05, 0.1) is 5.25 Å². The van der Waals surface area contributed by atoms with Crippen LogP contribution in [0, 0.1) is 11.8 Å².